The van der Waals surface area contributed by atoms with E-state index in [2.05, 4.69) is 5.09 Å². The second-order valence-corrected chi connectivity index (χ2v) is 7.04. The Labute approximate surface area is 113 Å². The third kappa shape index (κ3) is 3.98. The van der Waals surface area contributed by atoms with Crippen molar-refractivity contribution in [2.45, 2.75) is 12.3 Å². The fourth-order valence-corrected chi connectivity index (χ4v) is 4.04. The lowest BCUT2D eigenvalue weighted by Crippen LogP contribution is -2.07. The molecule has 0 unspecified atom stereocenters. The van der Waals surface area contributed by atoms with Crippen molar-refractivity contribution in [1.29, 1.82) is 5.26 Å². The molecule has 0 atom stereocenters. The maximum absolute atomic E-state index is 12.8. The average molecular weight is 270 g/mol. The fourth-order valence-electron chi connectivity index (χ4n) is 1.98. The smallest absolute Gasteiger partial charge is 0.186 e. The van der Waals surface area contributed by atoms with Gasteiger partial charge in [-0.2, -0.15) is 5.26 Å². The van der Waals surface area contributed by atoms with Crippen LogP contribution in [0.3, 0.4) is 0 Å². The van der Waals surface area contributed by atoms with E-state index in [0.717, 1.165) is 11.1 Å². The summed E-state index contributed by atoms with van der Waals surface area (Å²) in [6.45, 7) is 0. The Hall–Kier alpha value is -2.04. The van der Waals surface area contributed by atoms with Crippen molar-refractivity contribution in [2.75, 3.05) is 0 Å². The number of benzene rings is 2. The van der Waals surface area contributed by atoms with Gasteiger partial charge >= 0.3 is 0 Å². The highest BCUT2D eigenvalue weighted by atomic mass is 31.2. The van der Waals surface area contributed by atoms with E-state index in [1.165, 1.54) is 0 Å². The first-order valence-corrected chi connectivity index (χ1v) is 8.12. The van der Waals surface area contributed by atoms with Gasteiger partial charge in [0.25, 0.3) is 0 Å². The lowest BCUT2D eigenvalue weighted by Gasteiger charge is -2.16. The lowest BCUT2D eigenvalue weighted by molar-refractivity contribution is 0.569. The van der Waals surface area contributed by atoms with Crippen molar-refractivity contribution in [2.24, 2.45) is 0 Å². The molecule has 0 aliphatic carbocycles. The van der Waals surface area contributed by atoms with Gasteiger partial charge in [0, 0.05) is 12.3 Å². The molecule has 0 heterocycles. The van der Waals surface area contributed by atoms with E-state index in [1.54, 1.807) is 0 Å². The van der Waals surface area contributed by atoms with Crippen LogP contribution in [0.15, 0.2) is 60.7 Å². The van der Waals surface area contributed by atoms with Gasteiger partial charge in [0.15, 0.2) is 13.5 Å². The molecule has 0 aliphatic rings. The number of hydrogen-bond donors (Lipinski definition) is 1. The van der Waals surface area contributed by atoms with Gasteiger partial charge in [-0.15, -0.1) is 0 Å². The summed E-state index contributed by atoms with van der Waals surface area (Å²) in [5, 5.41) is 11.3. The van der Waals surface area contributed by atoms with Crippen LogP contribution in [-0.4, -0.2) is 0 Å². The summed E-state index contributed by atoms with van der Waals surface area (Å²) in [6, 6.07) is 19.2. The summed E-state index contributed by atoms with van der Waals surface area (Å²) in [4.78, 5) is 0. The van der Waals surface area contributed by atoms with E-state index in [4.69, 9.17) is 5.26 Å². The SMILES string of the molecule is N#CNP(=O)(Cc1ccccc1)Cc1ccccc1. The second-order valence-electron chi connectivity index (χ2n) is 4.40. The van der Waals surface area contributed by atoms with E-state index in [9.17, 15) is 4.57 Å². The van der Waals surface area contributed by atoms with Gasteiger partial charge in [0.2, 0.25) is 0 Å². The maximum atomic E-state index is 12.8. The molecule has 3 nitrogen and oxygen atoms in total. The van der Waals surface area contributed by atoms with Crippen LogP contribution in [0, 0.1) is 11.5 Å². The fraction of sp³-hybridized carbons (Fsp3) is 0.133. The van der Waals surface area contributed by atoms with Crippen molar-refractivity contribution in [3.05, 3.63) is 71.8 Å². The van der Waals surface area contributed by atoms with E-state index in [-0.39, 0.29) is 0 Å². The van der Waals surface area contributed by atoms with Crippen molar-refractivity contribution in [1.82, 2.24) is 5.09 Å². The molecular formula is C15H15N2OP. The zero-order valence-electron chi connectivity index (χ0n) is 10.5. The Balaban J connectivity index is 2.19. The minimum absolute atomic E-state index is 0.385. The minimum atomic E-state index is -2.77. The van der Waals surface area contributed by atoms with Gasteiger partial charge in [0.1, 0.15) is 0 Å². The highest BCUT2D eigenvalue weighted by Crippen LogP contribution is 2.47. The molecule has 0 fully saturated rings. The van der Waals surface area contributed by atoms with Gasteiger partial charge in [-0.1, -0.05) is 60.7 Å². The molecule has 0 saturated carbocycles. The van der Waals surface area contributed by atoms with Crippen LogP contribution in [0.2, 0.25) is 0 Å². The van der Waals surface area contributed by atoms with E-state index < -0.39 is 7.29 Å². The molecule has 4 heteroatoms. The molecule has 0 radical (unpaired) electrons. The van der Waals surface area contributed by atoms with Crippen molar-refractivity contribution in [3.8, 4) is 6.19 Å². The quantitative estimate of drug-likeness (QED) is 0.511. The Morgan fingerprint density at radius 3 is 1.68 bits per heavy atom. The van der Waals surface area contributed by atoms with Crippen LogP contribution < -0.4 is 5.09 Å². The van der Waals surface area contributed by atoms with Crippen LogP contribution in [0.1, 0.15) is 11.1 Å². The monoisotopic (exact) mass is 270 g/mol. The number of hydrogen-bond acceptors (Lipinski definition) is 2. The molecule has 2 aromatic carbocycles. The van der Waals surface area contributed by atoms with E-state index in [0.29, 0.717) is 12.3 Å². The first kappa shape index (κ1) is 13.4. The van der Waals surface area contributed by atoms with E-state index >= 15 is 0 Å². The lowest BCUT2D eigenvalue weighted by atomic mass is 10.2. The zero-order chi connectivity index (χ0) is 13.6. The Kier molecular flexibility index (Phi) is 4.39. The Morgan fingerprint density at radius 2 is 1.32 bits per heavy atom. The van der Waals surface area contributed by atoms with Gasteiger partial charge in [-0.05, 0) is 11.1 Å². The number of nitrogens with zero attached hydrogens (tertiary/aromatic N) is 1. The summed E-state index contributed by atoms with van der Waals surface area (Å²) in [5.74, 6) is 0. The predicted molar refractivity (Wildman–Crippen MR) is 76.6 cm³/mol. The summed E-state index contributed by atoms with van der Waals surface area (Å²) in [7, 11) is -2.77. The standard InChI is InChI=1S/C15H15N2OP/c16-13-17-19(18,11-14-7-3-1-4-8-14)12-15-9-5-2-6-10-15/h1-10H,11-12H2,(H,17,18). The van der Waals surface area contributed by atoms with Crippen molar-refractivity contribution < 1.29 is 4.57 Å². The van der Waals surface area contributed by atoms with Crippen LogP contribution in [0.25, 0.3) is 0 Å². The molecule has 0 saturated heterocycles. The maximum Gasteiger partial charge on any atom is 0.186 e. The highest BCUT2D eigenvalue weighted by molar-refractivity contribution is 7.60. The van der Waals surface area contributed by atoms with Crippen LogP contribution in [0.4, 0.5) is 0 Å². The number of rotatable bonds is 5. The largest absolute Gasteiger partial charge is 0.299 e. The summed E-state index contributed by atoms with van der Waals surface area (Å²) >= 11 is 0. The summed E-state index contributed by atoms with van der Waals surface area (Å²) in [5.41, 5.74) is 1.95. The normalized spacial score (nSPS) is 10.7. The van der Waals surface area contributed by atoms with Crippen molar-refractivity contribution in [3.63, 3.8) is 0 Å². The first-order chi connectivity index (χ1) is 9.22. The topological polar surface area (TPSA) is 52.9 Å². The summed E-state index contributed by atoms with van der Waals surface area (Å²) in [6.07, 6.45) is 2.61. The molecule has 19 heavy (non-hydrogen) atoms. The minimum Gasteiger partial charge on any atom is -0.299 e. The van der Waals surface area contributed by atoms with Crippen LogP contribution >= 0.6 is 7.29 Å². The molecule has 0 aliphatic heterocycles. The highest BCUT2D eigenvalue weighted by Gasteiger charge is 2.22. The molecule has 0 bridgehead atoms. The second kappa shape index (κ2) is 6.22. The average Bonchev–Trinajstić information content (AvgIpc) is 2.41. The first-order valence-electron chi connectivity index (χ1n) is 6.04. The molecule has 2 aromatic rings. The summed E-state index contributed by atoms with van der Waals surface area (Å²) < 4.78 is 12.8. The molecule has 0 aromatic heterocycles. The van der Waals surface area contributed by atoms with Gasteiger partial charge < -0.3 is 0 Å². The third-order valence-corrected chi connectivity index (χ3v) is 5.07. The molecule has 96 valence electrons. The Morgan fingerprint density at radius 1 is 0.895 bits per heavy atom. The van der Waals surface area contributed by atoms with Crippen molar-refractivity contribution >= 4 is 7.29 Å². The number of nitriles is 1. The molecule has 0 spiro atoms. The van der Waals surface area contributed by atoms with Crippen LogP contribution in [0.5, 0.6) is 0 Å². The molecule has 0 amide bonds. The Bertz CT molecular complexity index is 560. The van der Waals surface area contributed by atoms with Crippen LogP contribution in [-0.2, 0) is 16.9 Å². The molecule has 2 rings (SSSR count). The van der Waals surface area contributed by atoms with Gasteiger partial charge in [0.05, 0.1) is 0 Å². The van der Waals surface area contributed by atoms with E-state index in [1.807, 2.05) is 66.9 Å². The van der Waals surface area contributed by atoms with Gasteiger partial charge in [-0.25, -0.2) is 0 Å². The third-order valence-electron chi connectivity index (χ3n) is 2.82. The number of nitrogens with one attached hydrogen (secondary N) is 1. The molecular weight excluding hydrogens is 255 g/mol. The predicted octanol–water partition coefficient (Wildman–Crippen LogP) is 3.74. The zero-order valence-corrected chi connectivity index (χ0v) is 11.4. The molecule has 1 N–H and O–H groups in total. The van der Waals surface area contributed by atoms with Gasteiger partial charge in [-0.3, -0.25) is 9.65 Å².